The second-order valence-corrected chi connectivity index (χ2v) is 3.67. The Bertz CT molecular complexity index is 738. The van der Waals surface area contributed by atoms with Crippen molar-refractivity contribution >= 4 is 22.8 Å². The highest BCUT2D eigenvalue weighted by atomic mass is 16.4. The van der Waals surface area contributed by atoms with Crippen LogP contribution in [0.1, 0.15) is 0 Å². The molecule has 0 radical (unpaired) electrons. The average Bonchev–Trinajstić information content (AvgIpc) is 2.40. The van der Waals surface area contributed by atoms with Gasteiger partial charge < -0.3 is 9.73 Å². The van der Waals surface area contributed by atoms with Crippen molar-refractivity contribution in [2.24, 2.45) is 0 Å². The van der Waals surface area contributed by atoms with E-state index in [0.717, 1.165) is 5.69 Å². The standard InChI is InChI=1S/C13H9N3O2/c17-11-10-7-4-8-14-12(10)18-13(16-11)15-9-5-2-1-3-6-9/h1-8H,(H,15,16,17). The number of rotatable bonds is 2. The lowest BCUT2D eigenvalue weighted by Gasteiger charge is -2.03. The number of nitrogens with one attached hydrogen (secondary N) is 1. The number of pyridine rings is 1. The fraction of sp³-hybridized carbons (Fsp3) is 0. The normalized spacial score (nSPS) is 10.4. The Kier molecular flexibility index (Phi) is 2.49. The Balaban J connectivity index is 2.06. The van der Waals surface area contributed by atoms with E-state index in [1.807, 2.05) is 30.3 Å². The Labute approximate surface area is 102 Å². The molecule has 0 aliphatic heterocycles. The molecule has 0 unspecified atom stereocenters. The molecule has 2 heterocycles. The zero-order valence-electron chi connectivity index (χ0n) is 9.33. The Hall–Kier alpha value is -2.69. The lowest BCUT2D eigenvalue weighted by molar-refractivity contribution is 0.586. The van der Waals surface area contributed by atoms with Crippen molar-refractivity contribution in [3.8, 4) is 0 Å². The van der Waals surface area contributed by atoms with Crippen LogP contribution in [-0.2, 0) is 0 Å². The highest BCUT2D eigenvalue weighted by Gasteiger charge is 2.06. The molecule has 5 heteroatoms. The van der Waals surface area contributed by atoms with E-state index < -0.39 is 0 Å². The molecule has 2 aromatic heterocycles. The largest absolute Gasteiger partial charge is 0.406 e. The summed E-state index contributed by atoms with van der Waals surface area (Å²) >= 11 is 0. The van der Waals surface area contributed by atoms with E-state index in [1.54, 1.807) is 18.3 Å². The predicted molar refractivity (Wildman–Crippen MR) is 67.8 cm³/mol. The lowest BCUT2D eigenvalue weighted by atomic mass is 10.3. The maximum atomic E-state index is 11.7. The molecule has 5 nitrogen and oxygen atoms in total. The molecular weight excluding hydrogens is 230 g/mol. The molecule has 0 saturated carbocycles. The molecule has 88 valence electrons. The monoisotopic (exact) mass is 239 g/mol. The number of para-hydroxylation sites is 1. The summed E-state index contributed by atoms with van der Waals surface area (Å²) in [6.07, 6.45) is 1.57. The van der Waals surface area contributed by atoms with Crippen molar-refractivity contribution in [1.82, 2.24) is 9.97 Å². The van der Waals surface area contributed by atoms with E-state index in [0.29, 0.717) is 5.39 Å². The smallest absolute Gasteiger partial charge is 0.304 e. The molecule has 0 fully saturated rings. The fourth-order valence-electron chi connectivity index (χ4n) is 1.60. The summed E-state index contributed by atoms with van der Waals surface area (Å²) in [6, 6.07) is 12.8. The molecular formula is C13H9N3O2. The van der Waals surface area contributed by atoms with Crippen LogP contribution < -0.4 is 10.9 Å². The first-order valence-corrected chi connectivity index (χ1v) is 5.41. The molecule has 0 aliphatic rings. The van der Waals surface area contributed by atoms with E-state index in [9.17, 15) is 4.79 Å². The van der Waals surface area contributed by atoms with E-state index in [2.05, 4.69) is 15.3 Å². The Morgan fingerprint density at radius 2 is 1.89 bits per heavy atom. The van der Waals surface area contributed by atoms with E-state index in [-0.39, 0.29) is 17.3 Å². The second-order valence-electron chi connectivity index (χ2n) is 3.67. The van der Waals surface area contributed by atoms with Gasteiger partial charge in [0.25, 0.3) is 5.56 Å². The van der Waals surface area contributed by atoms with Crippen molar-refractivity contribution in [3.05, 3.63) is 59.0 Å². The number of aromatic nitrogens is 2. The summed E-state index contributed by atoms with van der Waals surface area (Å²) in [4.78, 5) is 19.6. The molecule has 1 N–H and O–H groups in total. The molecule has 18 heavy (non-hydrogen) atoms. The lowest BCUT2D eigenvalue weighted by Crippen LogP contribution is -2.09. The number of benzene rings is 1. The van der Waals surface area contributed by atoms with Gasteiger partial charge in [-0.3, -0.25) is 4.79 Å². The predicted octanol–water partition coefficient (Wildman–Crippen LogP) is 2.33. The molecule has 3 aromatic rings. The Morgan fingerprint density at radius 3 is 2.72 bits per heavy atom. The molecule has 1 aromatic carbocycles. The third-order valence-corrected chi connectivity index (χ3v) is 2.42. The van der Waals surface area contributed by atoms with Crippen molar-refractivity contribution in [1.29, 1.82) is 0 Å². The molecule has 0 atom stereocenters. The first-order chi connectivity index (χ1) is 8.83. The van der Waals surface area contributed by atoms with Crippen LogP contribution >= 0.6 is 0 Å². The van der Waals surface area contributed by atoms with E-state index in [1.165, 1.54) is 0 Å². The van der Waals surface area contributed by atoms with Crippen LogP contribution in [-0.4, -0.2) is 9.97 Å². The number of fused-ring (bicyclic) bond motifs is 1. The molecule has 0 spiro atoms. The zero-order valence-corrected chi connectivity index (χ0v) is 9.33. The van der Waals surface area contributed by atoms with Gasteiger partial charge in [0.15, 0.2) is 0 Å². The number of nitrogens with zero attached hydrogens (tertiary/aromatic N) is 2. The van der Waals surface area contributed by atoms with Crippen LogP contribution in [0.25, 0.3) is 11.1 Å². The molecule has 0 bridgehead atoms. The zero-order chi connectivity index (χ0) is 12.4. The van der Waals surface area contributed by atoms with E-state index in [4.69, 9.17) is 4.42 Å². The van der Waals surface area contributed by atoms with Crippen LogP contribution in [0.5, 0.6) is 0 Å². The van der Waals surface area contributed by atoms with Gasteiger partial charge in [0, 0.05) is 11.9 Å². The van der Waals surface area contributed by atoms with Gasteiger partial charge in [0.1, 0.15) is 5.39 Å². The minimum atomic E-state index is -0.359. The van der Waals surface area contributed by atoms with Gasteiger partial charge in [-0.05, 0) is 24.3 Å². The minimum absolute atomic E-state index is 0.136. The van der Waals surface area contributed by atoms with Crippen LogP contribution in [0.3, 0.4) is 0 Å². The topological polar surface area (TPSA) is 68.0 Å². The summed E-state index contributed by atoms with van der Waals surface area (Å²) in [5.74, 6) is 0. The highest BCUT2D eigenvalue weighted by Crippen LogP contribution is 2.15. The van der Waals surface area contributed by atoms with E-state index >= 15 is 0 Å². The summed E-state index contributed by atoms with van der Waals surface area (Å²) < 4.78 is 5.41. The summed E-state index contributed by atoms with van der Waals surface area (Å²) in [5, 5.41) is 3.29. The number of hydrogen-bond donors (Lipinski definition) is 1. The van der Waals surface area contributed by atoms with Crippen molar-refractivity contribution in [2.75, 3.05) is 5.32 Å². The van der Waals surface area contributed by atoms with Crippen molar-refractivity contribution < 1.29 is 4.42 Å². The van der Waals surface area contributed by atoms with Gasteiger partial charge in [-0.2, -0.15) is 4.98 Å². The number of anilines is 2. The number of hydrogen-bond acceptors (Lipinski definition) is 5. The molecule has 3 rings (SSSR count). The van der Waals surface area contributed by atoms with Gasteiger partial charge in [0.2, 0.25) is 5.71 Å². The molecule has 0 aliphatic carbocycles. The SMILES string of the molecule is O=c1nc(Nc2ccccc2)oc2ncccc12. The fourth-order valence-corrected chi connectivity index (χ4v) is 1.60. The second kappa shape index (κ2) is 4.29. The first-order valence-electron chi connectivity index (χ1n) is 5.41. The average molecular weight is 239 g/mol. The quantitative estimate of drug-likeness (QED) is 0.743. The maximum absolute atomic E-state index is 11.7. The van der Waals surface area contributed by atoms with Gasteiger partial charge in [-0.25, -0.2) is 4.98 Å². The van der Waals surface area contributed by atoms with Crippen LogP contribution in [0.4, 0.5) is 11.7 Å². The minimum Gasteiger partial charge on any atom is -0.406 e. The summed E-state index contributed by atoms with van der Waals surface area (Å²) in [5.41, 5.74) is 0.710. The van der Waals surface area contributed by atoms with Gasteiger partial charge >= 0.3 is 6.01 Å². The highest BCUT2D eigenvalue weighted by molar-refractivity contribution is 5.72. The van der Waals surface area contributed by atoms with Crippen LogP contribution in [0.15, 0.2) is 57.9 Å². The first kappa shape index (κ1) is 10.5. The van der Waals surface area contributed by atoms with Gasteiger partial charge in [-0.1, -0.05) is 18.2 Å². The van der Waals surface area contributed by atoms with Gasteiger partial charge in [0.05, 0.1) is 0 Å². The molecule has 0 saturated heterocycles. The van der Waals surface area contributed by atoms with Crippen molar-refractivity contribution in [2.45, 2.75) is 0 Å². The Morgan fingerprint density at radius 1 is 1.06 bits per heavy atom. The summed E-state index contributed by atoms with van der Waals surface area (Å²) in [7, 11) is 0. The van der Waals surface area contributed by atoms with Crippen LogP contribution in [0, 0.1) is 0 Å². The third kappa shape index (κ3) is 1.93. The van der Waals surface area contributed by atoms with Crippen LogP contribution in [0.2, 0.25) is 0 Å². The molecule has 0 amide bonds. The van der Waals surface area contributed by atoms with Gasteiger partial charge in [-0.15, -0.1) is 0 Å². The maximum Gasteiger partial charge on any atom is 0.304 e. The third-order valence-electron chi connectivity index (χ3n) is 2.42. The van der Waals surface area contributed by atoms with Crippen molar-refractivity contribution in [3.63, 3.8) is 0 Å². The summed E-state index contributed by atoms with van der Waals surface area (Å²) in [6.45, 7) is 0.